The second kappa shape index (κ2) is 7.50. The number of rotatable bonds is 5. The Hall–Kier alpha value is -3.48. The topological polar surface area (TPSA) is 84.2 Å². The van der Waals surface area contributed by atoms with E-state index in [-0.39, 0.29) is 12.2 Å². The lowest BCUT2D eigenvalue weighted by Crippen LogP contribution is -2.32. The predicted molar refractivity (Wildman–Crippen MR) is 105 cm³/mol. The van der Waals surface area contributed by atoms with Crippen LogP contribution in [0.4, 0.5) is 0 Å². The van der Waals surface area contributed by atoms with E-state index < -0.39 is 23.6 Å². The monoisotopic (exact) mass is 396 g/mol. The fourth-order valence-electron chi connectivity index (χ4n) is 3.67. The molecule has 3 aromatic rings. The molecule has 1 aliphatic heterocycles. The summed E-state index contributed by atoms with van der Waals surface area (Å²) in [6.07, 6.45) is -1.02. The summed E-state index contributed by atoms with van der Waals surface area (Å²) in [5.41, 5.74) is 0.785. The SMILES string of the molecule is CCOC(=O)[C@@H]1Oc2c(c(=O)oc3ccccc23)[C@H]1c1ccc(OC)c(OC)c1. The highest BCUT2D eigenvalue weighted by Crippen LogP contribution is 2.45. The fraction of sp³-hybridized carbons (Fsp3) is 0.273. The molecule has 0 aliphatic carbocycles. The van der Waals surface area contributed by atoms with Gasteiger partial charge in [-0.15, -0.1) is 0 Å². The third kappa shape index (κ3) is 3.08. The molecule has 7 nitrogen and oxygen atoms in total. The van der Waals surface area contributed by atoms with Crippen molar-refractivity contribution in [1.82, 2.24) is 0 Å². The van der Waals surface area contributed by atoms with Gasteiger partial charge in [-0.3, -0.25) is 0 Å². The van der Waals surface area contributed by atoms with Crippen LogP contribution in [0.2, 0.25) is 0 Å². The van der Waals surface area contributed by atoms with Crippen LogP contribution in [0.1, 0.15) is 24.0 Å². The zero-order valence-corrected chi connectivity index (χ0v) is 16.3. The number of hydrogen-bond donors (Lipinski definition) is 0. The largest absolute Gasteiger partial charge is 0.493 e. The summed E-state index contributed by atoms with van der Waals surface area (Å²) in [7, 11) is 3.05. The molecule has 1 aliphatic rings. The Morgan fingerprint density at radius 2 is 1.83 bits per heavy atom. The molecule has 0 N–H and O–H groups in total. The minimum Gasteiger partial charge on any atom is -0.493 e. The number of methoxy groups -OCH3 is 2. The molecule has 7 heteroatoms. The van der Waals surface area contributed by atoms with Crippen LogP contribution in [0.5, 0.6) is 17.2 Å². The molecule has 2 aromatic carbocycles. The number of ether oxygens (including phenoxy) is 4. The van der Waals surface area contributed by atoms with Gasteiger partial charge in [0, 0.05) is 0 Å². The molecule has 0 saturated heterocycles. The Morgan fingerprint density at radius 1 is 1.07 bits per heavy atom. The maximum Gasteiger partial charge on any atom is 0.348 e. The normalized spacial score (nSPS) is 17.5. The van der Waals surface area contributed by atoms with Crippen LogP contribution in [-0.2, 0) is 9.53 Å². The summed E-state index contributed by atoms with van der Waals surface area (Å²) in [5, 5.41) is 0.624. The molecule has 1 aromatic heterocycles. The van der Waals surface area contributed by atoms with E-state index in [9.17, 15) is 9.59 Å². The molecule has 29 heavy (non-hydrogen) atoms. The molecule has 150 valence electrons. The van der Waals surface area contributed by atoms with Gasteiger partial charge in [-0.1, -0.05) is 18.2 Å². The zero-order valence-electron chi connectivity index (χ0n) is 16.3. The van der Waals surface area contributed by atoms with Crippen molar-refractivity contribution in [3.05, 3.63) is 64.0 Å². The molecule has 0 fully saturated rings. The summed E-state index contributed by atoms with van der Waals surface area (Å²) in [5.74, 6) is 0.103. The first kappa shape index (κ1) is 18.9. The summed E-state index contributed by atoms with van der Waals surface area (Å²) in [6.45, 7) is 1.91. The van der Waals surface area contributed by atoms with Gasteiger partial charge in [0.2, 0.25) is 6.10 Å². The Balaban J connectivity index is 1.94. The van der Waals surface area contributed by atoms with E-state index in [2.05, 4.69) is 0 Å². The van der Waals surface area contributed by atoms with Crippen LogP contribution in [0.15, 0.2) is 51.7 Å². The van der Waals surface area contributed by atoms with Gasteiger partial charge in [0.15, 0.2) is 11.5 Å². The highest BCUT2D eigenvalue weighted by molar-refractivity contribution is 5.88. The van der Waals surface area contributed by atoms with Crippen molar-refractivity contribution in [3.8, 4) is 17.2 Å². The van der Waals surface area contributed by atoms with E-state index in [1.54, 1.807) is 43.3 Å². The molecule has 0 bridgehead atoms. The molecule has 0 radical (unpaired) electrons. The average molecular weight is 396 g/mol. The van der Waals surface area contributed by atoms with Crippen molar-refractivity contribution >= 4 is 16.9 Å². The molecule has 4 rings (SSSR count). The maximum absolute atomic E-state index is 12.9. The van der Waals surface area contributed by atoms with E-state index in [1.807, 2.05) is 6.07 Å². The van der Waals surface area contributed by atoms with Crippen molar-refractivity contribution in [2.24, 2.45) is 0 Å². The minimum absolute atomic E-state index is 0.197. The van der Waals surface area contributed by atoms with E-state index in [0.717, 1.165) is 0 Å². The van der Waals surface area contributed by atoms with E-state index in [1.165, 1.54) is 14.2 Å². The van der Waals surface area contributed by atoms with Crippen LogP contribution in [0, 0.1) is 0 Å². The van der Waals surface area contributed by atoms with Gasteiger partial charge in [-0.2, -0.15) is 0 Å². The lowest BCUT2D eigenvalue weighted by molar-refractivity contribution is -0.151. The highest BCUT2D eigenvalue weighted by atomic mass is 16.6. The second-order valence-electron chi connectivity index (χ2n) is 6.51. The summed E-state index contributed by atoms with van der Waals surface area (Å²) >= 11 is 0. The van der Waals surface area contributed by atoms with Gasteiger partial charge in [-0.05, 0) is 36.8 Å². The molecule has 2 atom stereocenters. The molecule has 0 unspecified atom stereocenters. The summed E-state index contributed by atoms with van der Waals surface area (Å²) < 4.78 is 27.4. The van der Waals surface area contributed by atoms with Crippen molar-refractivity contribution in [1.29, 1.82) is 0 Å². The van der Waals surface area contributed by atoms with Gasteiger partial charge >= 0.3 is 11.6 Å². The Kier molecular flexibility index (Phi) is 4.88. The summed E-state index contributed by atoms with van der Waals surface area (Å²) in [6, 6.07) is 12.3. The van der Waals surface area contributed by atoms with Crippen LogP contribution < -0.4 is 19.8 Å². The predicted octanol–water partition coefficient (Wildman–Crippen LogP) is 3.27. The van der Waals surface area contributed by atoms with Crippen LogP contribution in [-0.4, -0.2) is 32.9 Å². The zero-order chi connectivity index (χ0) is 20.5. The first-order chi connectivity index (χ1) is 14.1. The van der Waals surface area contributed by atoms with Crippen molar-refractivity contribution < 1.29 is 28.2 Å². The second-order valence-corrected chi connectivity index (χ2v) is 6.51. The van der Waals surface area contributed by atoms with Crippen LogP contribution in [0.25, 0.3) is 11.0 Å². The number of para-hydroxylation sites is 1. The van der Waals surface area contributed by atoms with E-state index in [4.69, 9.17) is 23.4 Å². The van der Waals surface area contributed by atoms with Gasteiger partial charge < -0.3 is 23.4 Å². The van der Waals surface area contributed by atoms with Crippen molar-refractivity contribution in [3.63, 3.8) is 0 Å². The number of esters is 1. The number of hydrogen-bond acceptors (Lipinski definition) is 7. The number of fused-ring (bicyclic) bond motifs is 3. The van der Waals surface area contributed by atoms with Gasteiger partial charge in [-0.25, -0.2) is 9.59 Å². The lowest BCUT2D eigenvalue weighted by Gasteiger charge is -2.18. The molecule has 0 amide bonds. The Bertz CT molecular complexity index is 1130. The Morgan fingerprint density at radius 3 is 2.55 bits per heavy atom. The molecule has 2 heterocycles. The fourth-order valence-corrected chi connectivity index (χ4v) is 3.67. The standard InChI is InChI=1S/C22H20O7/c1-4-27-22(24)20-17(12-9-10-15(25-2)16(11-12)26-3)18-19(29-20)13-7-5-6-8-14(13)28-21(18)23/h5-11,17,20H,4H2,1-3H3/t17-,20-/m1/s1. The highest BCUT2D eigenvalue weighted by Gasteiger charge is 2.45. The third-order valence-electron chi connectivity index (χ3n) is 4.94. The average Bonchev–Trinajstić information content (AvgIpc) is 3.15. The van der Waals surface area contributed by atoms with E-state index in [0.29, 0.717) is 33.8 Å². The maximum atomic E-state index is 12.9. The van der Waals surface area contributed by atoms with Gasteiger partial charge in [0.05, 0.1) is 37.7 Å². The quantitative estimate of drug-likeness (QED) is 0.483. The first-order valence-corrected chi connectivity index (χ1v) is 9.20. The van der Waals surface area contributed by atoms with Gasteiger partial charge in [0.1, 0.15) is 11.3 Å². The van der Waals surface area contributed by atoms with Crippen molar-refractivity contribution in [2.75, 3.05) is 20.8 Å². The smallest absolute Gasteiger partial charge is 0.348 e. The number of carbonyl (C=O) groups is 1. The van der Waals surface area contributed by atoms with Crippen LogP contribution >= 0.6 is 0 Å². The van der Waals surface area contributed by atoms with Crippen molar-refractivity contribution in [2.45, 2.75) is 18.9 Å². The van der Waals surface area contributed by atoms with E-state index >= 15 is 0 Å². The minimum atomic E-state index is -1.02. The third-order valence-corrected chi connectivity index (χ3v) is 4.94. The number of benzene rings is 2. The summed E-state index contributed by atoms with van der Waals surface area (Å²) in [4.78, 5) is 25.5. The number of carbonyl (C=O) groups excluding carboxylic acids is 1. The molecule has 0 spiro atoms. The van der Waals surface area contributed by atoms with Gasteiger partial charge in [0.25, 0.3) is 0 Å². The lowest BCUT2D eigenvalue weighted by atomic mass is 9.88. The molecular formula is C22H20O7. The molecule has 0 saturated carbocycles. The molecular weight excluding hydrogens is 376 g/mol. The Labute approximate surface area is 166 Å². The first-order valence-electron chi connectivity index (χ1n) is 9.20. The van der Waals surface area contributed by atoms with Crippen LogP contribution in [0.3, 0.4) is 0 Å².